The van der Waals surface area contributed by atoms with Crippen molar-refractivity contribution in [3.05, 3.63) is 62.7 Å². The largest absolute Gasteiger partial charge is 0.339 e. The zero-order valence-electron chi connectivity index (χ0n) is 14.3. The van der Waals surface area contributed by atoms with E-state index < -0.39 is 4.92 Å². The minimum atomic E-state index is -0.524. The van der Waals surface area contributed by atoms with Gasteiger partial charge in [0.1, 0.15) is 5.82 Å². The number of amides is 2. The Bertz CT molecular complexity index is 864. The lowest BCUT2D eigenvalue weighted by Gasteiger charge is -2.31. The number of carbonyl (C=O) groups is 2. The third-order valence-electron chi connectivity index (χ3n) is 4.44. The molecule has 0 aliphatic carbocycles. The Kier molecular flexibility index (Phi) is 5.80. The lowest BCUT2D eigenvalue weighted by atomic mass is 9.95. The van der Waals surface area contributed by atoms with Crippen LogP contribution in [0.2, 0.25) is 0 Å². The third kappa shape index (κ3) is 4.68. The standard InChI is InChI=1S/C18H17BrN4O4/c19-14-4-5-16(20-11-14)21-17(24)12-6-8-22(9-7-12)18(25)13-2-1-3-15(10-13)23(26)27/h1-5,10-12H,6-9H2,(H,20,21,24). The molecule has 2 heterocycles. The number of anilines is 1. The molecular weight excluding hydrogens is 416 g/mol. The average Bonchev–Trinajstić information content (AvgIpc) is 2.69. The molecule has 9 heteroatoms. The van der Waals surface area contributed by atoms with E-state index in [0.717, 1.165) is 4.47 Å². The SMILES string of the molecule is O=C(Nc1ccc(Br)cn1)C1CCN(C(=O)c2cccc([N+](=O)[O-])c2)CC1. The van der Waals surface area contributed by atoms with Crippen molar-refractivity contribution in [3.8, 4) is 0 Å². The maximum absolute atomic E-state index is 12.6. The van der Waals surface area contributed by atoms with Crippen molar-refractivity contribution in [1.82, 2.24) is 9.88 Å². The van der Waals surface area contributed by atoms with E-state index in [1.165, 1.54) is 18.2 Å². The van der Waals surface area contributed by atoms with Gasteiger partial charge in [-0.2, -0.15) is 0 Å². The Balaban J connectivity index is 1.57. The molecule has 1 aliphatic heterocycles. The number of pyridine rings is 1. The smallest absolute Gasteiger partial charge is 0.270 e. The first-order chi connectivity index (χ1) is 12.9. The molecule has 1 saturated heterocycles. The van der Waals surface area contributed by atoms with Crippen molar-refractivity contribution in [3.63, 3.8) is 0 Å². The quantitative estimate of drug-likeness (QED) is 0.589. The summed E-state index contributed by atoms with van der Waals surface area (Å²) in [5.74, 6) is -0.0951. The number of carbonyl (C=O) groups excluding carboxylic acids is 2. The number of hydrogen-bond donors (Lipinski definition) is 1. The summed E-state index contributed by atoms with van der Waals surface area (Å²) >= 11 is 3.29. The highest BCUT2D eigenvalue weighted by Gasteiger charge is 2.28. The average molecular weight is 433 g/mol. The van der Waals surface area contributed by atoms with Crippen molar-refractivity contribution >= 4 is 39.2 Å². The second kappa shape index (κ2) is 8.26. The number of nitrogens with zero attached hydrogens (tertiary/aromatic N) is 3. The van der Waals surface area contributed by atoms with Crippen LogP contribution in [0.3, 0.4) is 0 Å². The number of nitrogens with one attached hydrogen (secondary N) is 1. The van der Waals surface area contributed by atoms with Gasteiger partial charge in [-0.3, -0.25) is 19.7 Å². The lowest BCUT2D eigenvalue weighted by molar-refractivity contribution is -0.384. The molecule has 140 valence electrons. The van der Waals surface area contributed by atoms with Crippen LogP contribution < -0.4 is 5.32 Å². The van der Waals surface area contributed by atoms with Crippen molar-refractivity contribution in [2.75, 3.05) is 18.4 Å². The Morgan fingerprint density at radius 1 is 1.22 bits per heavy atom. The topological polar surface area (TPSA) is 105 Å². The molecule has 8 nitrogen and oxygen atoms in total. The second-order valence-corrected chi connectivity index (χ2v) is 7.14. The van der Waals surface area contributed by atoms with Crippen molar-refractivity contribution < 1.29 is 14.5 Å². The van der Waals surface area contributed by atoms with Crippen LogP contribution in [0.5, 0.6) is 0 Å². The summed E-state index contributed by atoms with van der Waals surface area (Å²) in [7, 11) is 0. The molecule has 0 spiro atoms. The fourth-order valence-corrected chi connectivity index (χ4v) is 3.19. The first-order valence-corrected chi connectivity index (χ1v) is 9.19. The maximum Gasteiger partial charge on any atom is 0.270 e. The van der Waals surface area contributed by atoms with Crippen LogP contribution in [0.1, 0.15) is 23.2 Å². The van der Waals surface area contributed by atoms with E-state index in [0.29, 0.717) is 31.7 Å². The number of hydrogen-bond acceptors (Lipinski definition) is 5. The van der Waals surface area contributed by atoms with E-state index in [9.17, 15) is 19.7 Å². The number of nitro groups is 1. The van der Waals surface area contributed by atoms with Gasteiger partial charge in [0.2, 0.25) is 5.91 Å². The number of aromatic nitrogens is 1. The second-order valence-electron chi connectivity index (χ2n) is 6.22. The molecule has 1 N–H and O–H groups in total. The molecule has 1 aromatic carbocycles. The van der Waals surface area contributed by atoms with Crippen molar-refractivity contribution in [1.29, 1.82) is 0 Å². The summed E-state index contributed by atoms with van der Waals surface area (Å²) in [5, 5.41) is 13.7. The Morgan fingerprint density at radius 2 is 1.96 bits per heavy atom. The Hall–Kier alpha value is -2.81. The predicted molar refractivity (Wildman–Crippen MR) is 102 cm³/mol. The van der Waals surface area contributed by atoms with E-state index in [4.69, 9.17) is 0 Å². The molecule has 27 heavy (non-hydrogen) atoms. The first-order valence-electron chi connectivity index (χ1n) is 8.40. The zero-order chi connectivity index (χ0) is 19.4. The first kappa shape index (κ1) is 19.0. The normalized spacial score (nSPS) is 14.6. The molecule has 1 aromatic heterocycles. The summed E-state index contributed by atoms with van der Waals surface area (Å²) in [6.07, 6.45) is 2.67. The van der Waals surface area contributed by atoms with Gasteiger partial charge >= 0.3 is 0 Å². The van der Waals surface area contributed by atoms with Crippen LogP contribution in [-0.2, 0) is 4.79 Å². The minimum Gasteiger partial charge on any atom is -0.339 e. The predicted octanol–water partition coefficient (Wildman–Crippen LogP) is 3.24. The van der Waals surface area contributed by atoms with Gasteiger partial charge in [-0.1, -0.05) is 6.07 Å². The number of halogens is 1. The van der Waals surface area contributed by atoms with Crippen molar-refractivity contribution in [2.24, 2.45) is 5.92 Å². The van der Waals surface area contributed by atoms with Crippen LogP contribution in [-0.4, -0.2) is 39.7 Å². The van der Waals surface area contributed by atoms with Gasteiger partial charge in [-0.15, -0.1) is 0 Å². The molecular formula is C18H17BrN4O4. The molecule has 2 amide bonds. The summed E-state index contributed by atoms with van der Waals surface area (Å²) in [6, 6.07) is 9.19. The monoisotopic (exact) mass is 432 g/mol. The molecule has 1 aliphatic rings. The van der Waals surface area contributed by atoms with E-state index in [1.54, 1.807) is 29.3 Å². The van der Waals surface area contributed by atoms with Crippen LogP contribution in [0.15, 0.2) is 47.1 Å². The van der Waals surface area contributed by atoms with Crippen molar-refractivity contribution in [2.45, 2.75) is 12.8 Å². The van der Waals surface area contributed by atoms with Gasteiger partial charge in [0, 0.05) is 47.4 Å². The summed E-state index contributed by atoms with van der Waals surface area (Å²) in [5.41, 5.74) is 0.170. The van der Waals surface area contributed by atoms with Gasteiger partial charge in [-0.05, 0) is 47.0 Å². The van der Waals surface area contributed by atoms with Gasteiger partial charge in [0.05, 0.1) is 4.92 Å². The summed E-state index contributed by atoms with van der Waals surface area (Å²) < 4.78 is 0.827. The summed E-state index contributed by atoms with van der Waals surface area (Å²) in [4.78, 5) is 41.0. The number of piperidine rings is 1. The Morgan fingerprint density at radius 3 is 2.59 bits per heavy atom. The minimum absolute atomic E-state index is 0.114. The molecule has 0 bridgehead atoms. The van der Waals surface area contributed by atoms with Crippen LogP contribution in [0, 0.1) is 16.0 Å². The zero-order valence-corrected chi connectivity index (χ0v) is 15.9. The third-order valence-corrected chi connectivity index (χ3v) is 4.90. The number of nitro benzene ring substituents is 1. The fourth-order valence-electron chi connectivity index (χ4n) is 2.96. The lowest BCUT2D eigenvalue weighted by Crippen LogP contribution is -2.41. The van der Waals surface area contributed by atoms with E-state index >= 15 is 0 Å². The highest BCUT2D eigenvalue weighted by Crippen LogP contribution is 2.22. The van der Waals surface area contributed by atoms with Gasteiger partial charge in [0.15, 0.2) is 0 Å². The van der Waals surface area contributed by atoms with E-state index in [2.05, 4.69) is 26.2 Å². The number of rotatable bonds is 4. The molecule has 3 rings (SSSR count). The van der Waals surface area contributed by atoms with Gasteiger partial charge < -0.3 is 10.2 Å². The molecule has 0 radical (unpaired) electrons. The number of non-ortho nitro benzene ring substituents is 1. The molecule has 0 atom stereocenters. The Labute approximate surface area is 163 Å². The fraction of sp³-hybridized carbons (Fsp3) is 0.278. The van der Waals surface area contributed by atoms with E-state index in [1.807, 2.05) is 0 Å². The van der Waals surface area contributed by atoms with Crippen LogP contribution in [0.25, 0.3) is 0 Å². The molecule has 1 fully saturated rings. The highest BCUT2D eigenvalue weighted by molar-refractivity contribution is 9.10. The molecule has 2 aromatic rings. The molecule has 0 saturated carbocycles. The van der Waals surface area contributed by atoms with Crippen LogP contribution >= 0.6 is 15.9 Å². The highest BCUT2D eigenvalue weighted by atomic mass is 79.9. The number of benzene rings is 1. The maximum atomic E-state index is 12.6. The van der Waals surface area contributed by atoms with Gasteiger partial charge in [0.25, 0.3) is 11.6 Å². The summed E-state index contributed by atoms with van der Waals surface area (Å²) in [6.45, 7) is 0.848. The number of likely N-dealkylation sites (tertiary alicyclic amines) is 1. The molecule has 0 unspecified atom stereocenters. The van der Waals surface area contributed by atoms with Crippen LogP contribution in [0.4, 0.5) is 11.5 Å². The van der Waals surface area contributed by atoms with E-state index in [-0.39, 0.29) is 29.0 Å². The van der Waals surface area contributed by atoms with Gasteiger partial charge in [-0.25, -0.2) is 4.98 Å².